The topological polar surface area (TPSA) is 26.3 Å². The molecule has 0 aliphatic carbocycles. The van der Waals surface area contributed by atoms with Gasteiger partial charge in [-0.05, 0) is 35.7 Å². The molecule has 0 N–H and O–H groups in total. The first-order valence-electron chi connectivity index (χ1n) is 6.88. The Kier molecular flexibility index (Phi) is 4.73. The number of alkyl halides is 3. The van der Waals surface area contributed by atoms with Crippen LogP contribution in [0.2, 0.25) is 0 Å². The second kappa shape index (κ2) is 6.40. The lowest BCUT2D eigenvalue weighted by molar-refractivity contribution is -0.138. The van der Waals surface area contributed by atoms with E-state index in [2.05, 4.69) is 0 Å². The predicted octanol–water partition coefficient (Wildman–Crippen LogP) is 5.19. The van der Waals surface area contributed by atoms with Gasteiger partial charge in [0.1, 0.15) is 17.1 Å². The van der Waals surface area contributed by atoms with Crippen LogP contribution in [-0.2, 0) is 6.18 Å². The Morgan fingerprint density at radius 1 is 1.04 bits per heavy atom. The Morgan fingerprint density at radius 3 is 2.17 bits per heavy atom. The zero-order valence-electron chi connectivity index (χ0n) is 12.4. The van der Waals surface area contributed by atoms with Gasteiger partial charge in [0.2, 0.25) is 0 Å². The van der Waals surface area contributed by atoms with Gasteiger partial charge in [0, 0.05) is 0 Å². The minimum Gasteiger partial charge on any atom is -0.423 e. The van der Waals surface area contributed by atoms with Crippen LogP contribution in [0.3, 0.4) is 0 Å². The SMILES string of the molecule is CC(C)c1ccc(OC(=O)c2c(F)cccc2C(F)(F)F)cc1. The Bertz CT molecular complexity index is 704. The zero-order chi connectivity index (χ0) is 17.2. The zero-order valence-corrected chi connectivity index (χ0v) is 12.4. The number of carbonyl (C=O) groups is 1. The van der Waals surface area contributed by atoms with Crippen molar-refractivity contribution in [3.8, 4) is 5.75 Å². The molecule has 2 aromatic carbocycles. The number of benzene rings is 2. The molecule has 6 heteroatoms. The largest absolute Gasteiger partial charge is 0.423 e. The minimum atomic E-state index is -4.85. The highest BCUT2D eigenvalue weighted by Crippen LogP contribution is 2.33. The van der Waals surface area contributed by atoms with Crippen molar-refractivity contribution in [1.82, 2.24) is 0 Å². The standard InChI is InChI=1S/C17H14F4O2/c1-10(2)11-6-8-12(9-7-11)23-16(22)15-13(17(19,20)21)4-3-5-14(15)18/h3-10H,1-2H3. The fraction of sp³-hybridized carbons (Fsp3) is 0.235. The van der Waals surface area contributed by atoms with Crippen molar-refractivity contribution < 1.29 is 27.1 Å². The number of carbonyl (C=O) groups excluding carboxylic acids is 1. The molecule has 0 spiro atoms. The third kappa shape index (κ3) is 3.88. The normalized spacial score (nSPS) is 11.6. The van der Waals surface area contributed by atoms with Gasteiger partial charge in [-0.25, -0.2) is 9.18 Å². The second-order valence-corrected chi connectivity index (χ2v) is 5.27. The first kappa shape index (κ1) is 17.0. The van der Waals surface area contributed by atoms with Crippen LogP contribution in [-0.4, -0.2) is 5.97 Å². The Balaban J connectivity index is 2.31. The van der Waals surface area contributed by atoms with Crippen LogP contribution in [0.15, 0.2) is 42.5 Å². The van der Waals surface area contributed by atoms with E-state index in [-0.39, 0.29) is 11.7 Å². The van der Waals surface area contributed by atoms with Gasteiger partial charge in [-0.1, -0.05) is 32.0 Å². The number of halogens is 4. The minimum absolute atomic E-state index is 0.0516. The van der Waals surface area contributed by atoms with E-state index >= 15 is 0 Å². The average Bonchev–Trinajstić information content (AvgIpc) is 2.46. The third-order valence-electron chi connectivity index (χ3n) is 3.28. The summed E-state index contributed by atoms with van der Waals surface area (Å²) in [5, 5.41) is 0. The molecule has 122 valence electrons. The fourth-order valence-corrected chi connectivity index (χ4v) is 2.05. The highest BCUT2D eigenvalue weighted by atomic mass is 19.4. The Labute approximate surface area is 130 Å². The van der Waals surface area contributed by atoms with Gasteiger partial charge in [0.15, 0.2) is 0 Å². The summed E-state index contributed by atoms with van der Waals surface area (Å²) in [5.41, 5.74) is -1.50. The number of ether oxygens (including phenoxy) is 1. The van der Waals surface area contributed by atoms with E-state index in [1.54, 1.807) is 12.1 Å². The summed E-state index contributed by atoms with van der Waals surface area (Å²) in [6.07, 6.45) is -4.85. The molecule has 0 saturated heterocycles. The van der Waals surface area contributed by atoms with Gasteiger partial charge < -0.3 is 4.74 Å². The van der Waals surface area contributed by atoms with Crippen LogP contribution in [0.5, 0.6) is 5.75 Å². The van der Waals surface area contributed by atoms with Gasteiger partial charge in [-0.2, -0.15) is 13.2 Å². The number of hydrogen-bond donors (Lipinski definition) is 0. The van der Waals surface area contributed by atoms with Crippen LogP contribution in [0.4, 0.5) is 17.6 Å². The summed E-state index contributed by atoms with van der Waals surface area (Å²) in [4.78, 5) is 12.0. The first-order chi connectivity index (χ1) is 10.7. The van der Waals surface area contributed by atoms with E-state index in [1.807, 2.05) is 13.8 Å². The molecule has 0 aromatic heterocycles. The molecule has 0 fully saturated rings. The van der Waals surface area contributed by atoms with E-state index in [0.29, 0.717) is 6.07 Å². The predicted molar refractivity (Wildman–Crippen MR) is 76.9 cm³/mol. The lowest BCUT2D eigenvalue weighted by Crippen LogP contribution is -2.18. The molecular weight excluding hydrogens is 312 g/mol. The maximum Gasteiger partial charge on any atom is 0.417 e. The third-order valence-corrected chi connectivity index (χ3v) is 3.28. The van der Waals surface area contributed by atoms with E-state index in [1.165, 1.54) is 12.1 Å². The molecule has 0 aliphatic rings. The molecule has 0 heterocycles. The molecule has 2 rings (SSSR count). The molecule has 0 atom stereocenters. The van der Waals surface area contributed by atoms with E-state index < -0.39 is 29.1 Å². The van der Waals surface area contributed by atoms with E-state index in [9.17, 15) is 22.4 Å². The number of esters is 1. The molecule has 0 saturated carbocycles. The molecule has 2 aromatic rings. The Hall–Kier alpha value is -2.37. The highest BCUT2D eigenvalue weighted by Gasteiger charge is 2.37. The maximum atomic E-state index is 13.7. The molecule has 0 aliphatic heterocycles. The van der Waals surface area contributed by atoms with Crippen molar-refractivity contribution in [3.63, 3.8) is 0 Å². The van der Waals surface area contributed by atoms with Crippen molar-refractivity contribution in [2.24, 2.45) is 0 Å². The summed E-state index contributed by atoms with van der Waals surface area (Å²) in [5.74, 6) is -2.35. The fourth-order valence-electron chi connectivity index (χ4n) is 2.05. The number of hydrogen-bond acceptors (Lipinski definition) is 2. The van der Waals surface area contributed by atoms with Crippen LogP contribution in [0.25, 0.3) is 0 Å². The average molecular weight is 326 g/mol. The van der Waals surface area contributed by atoms with Crippen LogP contribution in [0, 0.1) is 5.82 Å². The van der Waals surface area contributed by atoms with Crippen molar-refractivity contribution in [3.05, 3.63) is 65.0 Å². The van der Waals surface area contributed by atoms with Gasteiger partial charge in [-0.15, -0.1) is 0 Å². The molecule has 2 nitrogen and oxygen atoms in total. The summed E-state index contributed by atoms with van der Waals surface area (Å²) >= 11 is 0. The summed E-state index contributed by atoms with van der Waals surface area (Å²) in [7, 11) is 0. The molecule has 0 amide bonds. The van der Waals surface area contributed by atoms with Crippen LogP contribution >= 0.6 is 0 Å². The molecule has 0 radical (unpaired) electrons. The molecule has 0 unspecified atom stereocenters. The molecule has 23 heavy (non-hydrogen) atoms. The van der Waals surface area contributed by atoms with Crippen molar-refractivity contribution in [2.75, 3.05) is 0 Å². The van der Waals surface area contributed by atoms with Crippen molar-refractivity contribution in [2.45, 2.75) is 25.9 Å². The molecule has 0 bridgehead atoms. The Morgan fingerprint density at radius 2 is 1.65 bits per heavy atom. The van der Waals surface area contributed by atoms with Gasteiger partial charge in [-0.3, -0.25) is 0 Å². The first-order valence-corrected chi connectivity index (χ1v) is 6.88. The quantitative estimate of drug-likeness (QED) is 0.441. The maximum absolute atomic E-state index is 13.7. The second-order valence-electron chi connectivity index (χ2n) is 5.27. The number of rotatable bonds is 3. The van der Waals surface area contributed by atoms with Gasteiger partial charge in [0.05, 0.1) is 5.56 Å². The monoisotopic (exact) mass is 326 g/mol. The summed E-state index contributed by atoms with van der Waals surface area (Å²) < 4.78 is 57.3. The van der Waals surface area contributed by atoms with Crippen LogP contribution in [0.1, 0.15) is 41.3 Å². The lowest BCUT2D eigenvalue weighted by Gasteiger charge is -2.13. The highest BCUT2D eigenvalue weighted by molar-refractivity contribution is 5.93. The smallest absolute Gasteiger partial charge is 0.417 e. The van der Waals surface area contributed by atoms with Crippen molar-refractivity contribution in [1.29, 1.82) is 0 Å². The molecular formula is C17H14F4O2. The van der Waals surface area contributed by atoms with E-state index in [0.717, 1.165) is 17.7 Å². The van der Waals surface area contributed by atoms with Gasteiger partial charge >= 0.3 is 12.1 Å². The van der Waals surface area contributed by atoms with E-state index in [4.69, 9.17) is 4.74 Å². The van der Waals surface area contributed by atoms with Gasteiger partial charge in [0.25, 0.3) is 0 Å². The van der Waals surface area contributed by atoms with Crippen molar-refractivity contribution >= 4 is 5.97 Å². The van der Waals surface area contributed by atoms with Crippen LogP contribution < -0.4 is 4.74 Å². The lowest BCUT2D eigenvalue weighted by atomic mass is 10.0. The summed E-state index contributed by atoms with van der Waals surface area (Å²) in [6, 6.07) is 8.63. The summed E-state index contributed by atoms with van der Waals surface area (Å²) in [6.45, 7) is 3.94.